The van der Waals surface area contributed by atoms with Crippen LogP contribution in [0.1, 0.15) is 19.3 Å². The number of rotatable bonds is 2. The van der Waals surface area contributed by atoms with Gasteiger partial charge < -0.3 is 4.90 Å². The van der Waals surface area contributed by atoms with Crippen LogP contribution in [0.4, 0.5) is 5.69 Å². The lowest BCUT2D eigenvalue weighted by Crippen LogP contribution is -2.29. The van der Waals surface area contributed by atoms with Gasteiger partial charge >= 0.3 is 0 Å². The highest BCUT2D eigenvalue weighted by molar-refractivity contribution is 5.66. The Morgan fingerprint density at radius 2 is 1.33 bits per heavy atom. The molecule has 1 fully saturated rings. The van der Waals surface area contributed by atoms with Gasteiger partial charge in [-0.3, -0.25) is 0 Å². The Hall–Kier alpha value is -1.76. The quantitative estimate of drug-likeness (QED) is 0.757. The zero-order chi connectivity index (χ0) is 12.2. The topological polar surface area (TPSA) is 3.24 Å². The van der Waals surface area contributed by atoms with Crippen LogP contribution >= 0.6 is 0 Å². The van der Waals surface area contributed by atoms with Gasteiger partial charge in [0.25, 0.3) is 0 Å². The third-order valence-electron chi connectivity index (χ3n) is 3.64. The van der Waals surface area contributed by atoms with Crippen LogP contribution in [0, 0.1) is 6.07 Å². The van der Waals surface area contributed by atoms with Gasteiger partial charge in [-0.1, -0.05) is 36.4 Å². The van der Waals surface area contributed by atoms with E-state index in [0.29, 0.717) is 0 Å². The lowest BCUT2D eigenvalue weighted by atomic mass is 10.0. The molecule has 0 atom stereocenters. The fourth-order valence-electron chi connectivity index (χ4n) is 2.60. The standard InChI is InChI=1S/C17H18N/c1-3-7-15(8-4-1)16-9-11-17(12-10-16)18-13-5-2-6-14-18/h3-4,7-12H,2,5-6,13-14H2. The first-order valence-electron chi connectivity index (χ1n) is 6.75. The minimum atomic E-state index is 1.21. The van der Waals surface area contributed by atoms with Crippen molar-refractivity contribution in [3.8, 4) is 11.1 Å². The summed E-state index contributed by atoms with van der Waals surface area (Å²) in [4.78, 5) is 2.49. The third kappa shape index (κ3) is 2.40. The predicted molar refractivity (Wildman–Crippen MR) is 76.8 cm³/mol. The van der Waals surface area contributed by atoms with Crippen LogP contribution in [0.2, 0.25) is 0 Å². The van der Waals surface area contributed by atoms with Crippen LogP contribution in [-0.4, -0.2) is 13.1 Å². The summed E-state index contributed by atoms with van der Waals surface area (Å²) in [5.41, 5.74) is 3.91. The molecule has 2 aromatic carbocycles. The Morgan fingerprint density at radius 3 is 2.00 bits per heavy atom. The first-order valence-corrected chi connectivity index (χ1v) is 6.75. The largest absolute Gasteiger partial charge is 0.372 e. The van der Waals surface area contributed by atoms with Crippen molar-refractivity contribution in [3.63, 3.8) is 0 Å². The van der Waals surface area contributed by atoms with Crippen LogP contribution in [0.3, 0.4) is 0 Å². The van der Waals surface area contributed by atoms with Crippen LogP contribution in [-0.2, 0) is 0 Å². The molecule has 1 heterocycles. The number of nitrogens with zero attached hydrogens (tertiary/aromatic N) is 1. The number of piperidine rings is 1. The van der Waals surface area contributed by atoms with Gasteiger partial charge in [-0.25, -0.2) is 0 Å². The van der Waals surface area contributed by atoms with Crippen molar-refractivity contribution in [2.45, 2.75) is 19.3 Å². The lowest BCUT2D eigenvalue weighted by Gasteiger charge is -2.28. The molecule has 1 aliphatic heterocycles. The van der Waals surface area contributed by atoms with Crippen LogP contribution < -0.4 is 4.90 Å². The highest BCUT2D eigenvalue weighted by Crippen LogP contribution is 2.24. The molecule has 1 aliphatic rings. The van der Waals surface area contributed by atoms with Crippen molar-refractivity contribution in [1.82, 2.24) is 0 Å². The van der Waals surface area contributed by atoms with E-state index in [9.17, 15) is 0 Å². The van der Waals surface area contributed by atoms with E-state index in [1.165, 1.54) is 49.2 Å². The van der Waals surface area contributed by atoms with E-state index < -0.39 is 0 Å². The van der Waals surface area contributed by atoms with Crippen LogP contribution in [0.15, 0.2) is 48.5 Å². The maximum Gasteiger partial charge on any atom is 0.0366 e. The van der Waals surface area contributed by atoms with Crippen molar-refractivity contribution < 1.29 is 0 Å². The van der Waals surface area contributed by atoms with E-state index in [-0.39, 0.29) is 0 Å². The molecule has 1 saturated heterocycles. The summed E-state index contributed by atoms with van der Waals surface area (Å²) in [6, 6.07) is 20.1. The minimum absolute atomic E-state index is 1.21. The maximum atomic E-state index is 3.06. The number of anilines is 1. The molecule has 0 saturated carbocycles. The van der Waals surface area contributed by atoms with Gasteiger partial charge in [0.2, 0.25) is 0 Å². The van der Waals surface area contributed by atoms with Gasteiger partial charge in [0.05, 0.1) is 0 Å². The van der Waals surface area contributed by atoms with E-state index in [0.717, 1.165) is 0 Å². The van der Waals surface area contributed by atoms with Gasteiger partial charge in [-0.15, -0.1) is 0 Å². The van der Waals surface area contributed by atoms with Crippen LogP contribution in [0.5, 0.6) is 0 Å². The normalized spacial score (nSPS) is 15.7. The zero-order valence-corrected chi connectivity index (χ0v) is 10.6. The Morgan fingerprint density at radius 1 is 0.722 bits per heavy atom. The monoisotopic (exact) mass is 236 g/mol. The highest BCUT2D eigenvalue weighted by atomic mass is 15.1. The number of hydrogen-bond donors (Lipinski definition) is 0. The molecule has 1 heteroatoms. The van der Waals surface area contributed by atoms with Gasteiger partial charge in [-0.2, -0.15) is 0 Å². The van der Waals surface area contributed by atoms with Crippen molar-refractivity contribution in [3.05, 3.63) is 54.6 Å². The van der Waals surface area contributed by atoms with Crippen molar-refractivity contribution in [1.29, 1.82) is 0 Å². The summed E-state index contributed by atoms with van der Waals surface area (Å²) < 4.78 is 0. The lowest BCUT2D eigenvalue weighted by molar-refractivity contribution is 0.578. The summed E-state index contributed by atoms with van der Waals surface area (Å²) in [7, 11) is 0. The molecule has 0 spiro atoms. The molecule has 0 bridgehead atoms. The van der Waals surface area contributed by atoms with Crippen molar-refractivity contribution in [2.24, 2.45) is 0 Å². The van der Waals surface area contributed by atoms with E-state index in [4.69, 9.17) is 0 Å². The fourth-order valence-corrected chi connectivity index (χ4v) is 2.60. The highest BCUT2D eigenvalue weighted by Gasteiger charge is 2.10. The van der Waals surface area contributed by atoms with Gasteiger partial charge in [0, 0.05) is 18.8 Å². The van der Waals surface area contributed by atoms with Gasteiger partial charge in [0.15, 0.2) is 0 Å². The molecular formula is C17H18N. The van der Waals surface area contributed by atoms with Gasteiger partial charge in [0.1, 0.15) is 0 Å². The third-order valence-corrected chi connectivity index (χ3v) is 3.64. The molecule has 1 radical (unpaired) electrons. The van der Waals surface area contributed by atoms with Crippen LogP contribution in [0.25, 0.3) is 11.1 Å². The summed E-state index contributed by atoms with van der Waals surface area (Å²) in [5.74, 6) is 0. The molecule has 0 unspecified atom stereocenters. The molecule has 0 aromatic heterocycles. The zero-order valence-electron chi connectivity index (χ0n) is 10.6. The fraction of sp³-hybridized carbons (Fsp3) is 0.294. The SMILES string of the molecule is [c]1ccc(-c2ccc(N3CCCCC3)cc2)cc1. The summed E-state index contributed by atoms with van der Waals surface area (Å²) >= 11 is 0. The molecule has 0 N–H and O–H groups in total. The van der Waals surface area contributed by atoms with E-state index in [2.05, 4.69) is 47.4 Å². The Bertz CT molecular complexity index is 481. The molecule has 1 nitrogen and oxygen atoms in total. The van der Waals surface area contributed by atoms with Crippen molar-refractivity contribution in [2.75, 3.05) is 18.0 Å². The maximum absolute atomic E-state index is 3.06. The molecule has 2 aromatic rings. The van der Waals surface area contributed by atoms with E-state index >= 15 is 0 Å². The first kappa shape index (κ1) is 11.3. The predicted octanol–water partition coefficient (Wildman–Crippen LogP) is 4.14. The molecule has 18 heavy (non-hydrogen) atoms. The van der Waals surface area contributed by atoms with Gasteiger partial charge in [-0.05, 0) is 48.6 Å². The van der Waals surface area contributed by atoms with E-state index in [1.807, 2.05) is 12.1 Å². The number of benzene rings is 2. The summed E-state index contributed by atoms with van der Waals surface area (Å²) in [5, 5.41) is 0. The summed E-state index contributed by atoms with van der Waals surface area (Å²) in [6.07, 6.45) is 4.04. The molecular weight excluding hydrogens is 218 g/mol. The molecule has 0 amide bonds. The second-order valence-electron chi connectivity index (χ2n) is 4.88. The van der Waals surface area contributed by atoms with Crippen molar-refractivity contribution >= 4 is 5.69 Å². The molecule has 3 rings (SSSR count). The number of hydrogen-bond acceptors (Lipinski definition) is 1. The second-order valence-corrected chi connectivity index (χ2v) is 4.88. The Balaban J connectivity index is 1.80. The second kappa shape index (κ2) is 5.26. The average molecular weight is 236 g/mol. The van der Waals surface area contributed by atoms with E-state index in [1.54, 1.807) is 0 Å². The smallest absolute Gasteiger partial charge is 0.0366 e. The molecule has 0 aliphatic carbocycles. The summed E-state index contributed by atoms with van der Waals surface area (Å²) in [6.45, 7) is 2.42. The first-order chi connectivity index (χ1) is 8.93. The Labute approximate surface area is 109 Å². The average Bonchev–Trinajstić information content (AvgIpc) is 2.49. The Kier molecular flexibility index (Phi) is 3.31. The minimum Gasteiger partial charge on any atom is -0.372 e. The molecule has 91 valence electrons.